The molecule has 0 spiro atoms. The van der Waals surface area contributed by atoms with E-state index < -0.39 is 0 Å². The fourth-order valence-corrected chi connectivity index (χ4v) is 4.69. The van der Waals surface area contributed by atoms with Crippen molar-refractivity contribution in [3.05, 3.63) is 54.1 Å². The fourth-order valence-electron chi connectivity index (χ4n) is 4.69. The molecule has 3 amide bonds. The summed E-state index contributed by atoms with van der Waals surface area (Å²) in [6.07, 6.45) is 1.06. The van der Waals surface area contributed by atoms with Crippen LogP contribution in [0.15, 0.2) is 48.5 Å². The number of amides is 3. The van der Waals surface area contributed by atoms with Crippen LogP contribution in [0.5, 0.6) is 5.75 Å². The molecule has 2 aliphatic heterocycles. The summed E-state index contributed by atoms with van der Waals surface area (Å²) in [5.74, 6) is 0.155. The first-order valence-electron chi connectivity index (χ1n) is 11.8. The van der Waals surface area contributed by atoms with Crippen LogP contribution in [-0.4, -0.2) is 73.9 Å². The van der Waals surface area contributed by atoms with Crippen LogP contribution in [-0.2, 0) is 20.8 Å². The van der Waals surface area contributed by atoms with Crippen LogP contribution >= 0.6 is 0 Å². The Kier molecular flexibility index (Phi) is 7.47. The average molecular weight is 465 g/mol. The maximum Gasteiger partial charge on any atom is 0.238 e. The van der Waals surface area contributed by atoms with Crippen LogP contribution in [0.25, 0.3) is 0 Å². The van der Waals surface area contributed by atoms with Gasteiger partial charge in [0.15, 0.2) is 0 Å². The highest BCUT2D eigenvalue weighted by Gasteiger charge is 2.38. The largest absolute Gasteiger partial charge is 0.495 e. The zero-order valence-electron chi connectivity index (χ0n) is 19.8. The molecule has 34 heavy (non-hydrogen) atoms. The number of anilines is 2. The van der Waals surface area contributed by atoms with Gasteiger partial charge in [0, 0.05) is 44.8 Å². The van der Waals surface area contributed by atoms with Crippen molar-refractivity contribution in [1.82, 2.24) is 9.80 Å². The highest BCUT2D eigenvalue weighted by molar-refractivity contribution is 6.01. The van der Waals surface area contributed by atoms with Crippen molar-refractivity contribution in [3.63, 3.8) is 0 Å². The van der Waals surface area contributed by atoms with Gasteiger partial charge in [0.1, 0.15) is 5.75 Å². The molecule has 2 aromatic rings. The minimum absolute atomic E-state index is 0.00622. The first-order chi connectivity index (χ1) is 16.5. The molecule has 1 unspecified atom stereocenters. The quantitative estimate of drug-likeness (QED) is 0.681. The lowest BCUT2D eigenvalue weighted by atomic mass is 10.1. The van der Waals surface area contributed by atoms with E-state index in [0.717, 1.165) is 17.7 Å². The van der Waals surface area contributed by atoms with E-state index in [2.05, 4.69) is 17.1 Å². The van der Waals surface area contributed by atoms with Crippen LogP contribution in [0, 0.1) is 5.92 Å². The Hall–Kier alpha value is -3.39. The second-order valence-corrected chi connectivity index (χ2v) is 8.74. The number of hydrogen-bond acceptors (Lipinski definition) is 5. The summed E-state index contributed by atoms with van der Waals surface area (Å²) >= 11 is 0. The summed E-state index contributed by atoms with van der Waals surface area (Å²) in [5, 5.41) is 3.01. The minimum Gasteiger partial charge on any atom is -0.495 e. The van der Waals surface area contributed by atoms with Crippen molar-refractivity contribution >= 4 is 29.1 Å². The number of aryl methyl sites for hydroxylation is 1. The number of ether oxygens (including phenoxy) is 1. The van der Waals surface area contributed by atoms with E-state index in [1.54, 1.807) is 12.0 Å². The molecule has 0 radical (unpaired) electrons. The van der Waals surface area contributed by atoms with E-state index in [-0.39, 0.29) is 30.1 Å². The molecule has 2 aromatic carbocycles. The molecule has 0 bridgehead atoms. The normalized spacial score (nSPS) is 18.8. The Morgan fingerprint density at radius 2 is 1.74 bits per heavy atom. The number of methoxy groups -OCH3 is 1. The molecular weight excluding hydrogens is 432 g/mol. The number of para-hydroxylation sites is 3. The number of hydrogen-bond donors (Lipinski definition) is 1. The Labute approximate surface area is 200 Å². The van der Waals surface area contributed by atoms with Crippen molar-refractivity contribution in [1.29, 1.82) is 0 Å². The number of benzene rings is 2. The Morgan fingerprint density at radius 3 is 2.47 bits per heavy atom. The zero-order chi connectivity index (χ0) is 24.1. The van der Waals surface area contributed by atoms with E-state index in [4.69, 9.17) is 4.74 Å². The van der Waals surface area contributed by atoms with Gasteiger partial charge < -0.3 is 19.9 Å². The van der Waals surface area contributed by atoms with Gasteiger partial charge in [-0.25, -0.2) is 0 Å². The summed E-state index contributed by atoms with van der Waals surface area (Å²) in [7, 11) is 1.57. The number of carbonyl (C=O) groups excluding carboxylic acids is 3. The second kappa shape index (κ2) is 10.7. The Balaban J connectivity index is 1.28. The molecule has 8 heteroatoms. The number of nitrogens with zero attached hydrogens (tertiary/aromatic N) is 3. The van der Waals surface area contributed by atoms with E-state index in [1.807, 2.05) is 53.4 Å². The van der Waals surface area contributed by atoms with Crippen molar-refractivity contribution in [2.45, 2.75) is 19.8 Å². The molecule has 1 N–H and O–H groups in total. The lowest BCUT2D eigenvalue weighted by molar-refractivity contribution is -0.137. The van der Waals surface area contributed by atoms with Crippen molar-refractivity contribution in [2.24, 2.45) is 5.92 Å². The highest BCUT2D eigenvalue weighted by atomic mass is 16.5. The number of carbonyl (C=O) groups is 3. The third-order valence-electron chi connectivity index (χ3n) is 6.57. The maximum absolute atomic E-state index is 13.1. The summed E-state index contributed by atoms with van der Waals surface area (Å²) < 4.78 is 5.38. The number of piperazine rings is 1. The summed E-state index contributed by atoms with van der Waals surface area (Å²) in [6.45, 7) is 5.08. The molecule has 0 aromatic heterocycles. The molecule has 2 aliphatic rings. The minimum atomic E-state index is -0.363. The number of nitrogens with one attached hydrogen (secondary N) is 1. The first kappa shape index (κ1) is 23.8. The molecule has 0 saturated carbocycles. The molecule has 8 nitrogen and oxygen atoms in total. The lowest BCUT2D eigenvalue weighted by Crippen LogP contribution is -2.52. The highest BCUT2D eigenvalue weighted by Crippen LogP contribution is 2.33. The third kappa shape index (κ3) is 5.22. The predicted octanol–water partition coefficient (Wildman–Crippen LogP) is 2.39. The maximum atomic E-state index is 13.1. The number of rotatable bonds is 7. The second-order valence-electron chi connectivity index (χ2n) is 8.74. The van der Waals surface area contributed by atoms with Gasteiger partial charge in [-0.15, -0.1) is 0 Å². The summed E-state index contributed by atoms with van der Waals surface area (Å²) in [6, 6.07) is 15.2. The van der Waals surface area contributed by atoms with Crippen LogP contribution in [0.2, 0.25) is 0 Å². The van der Waals surface area contributed by atoms with E-state index in [9.17, 15) is 14.4 Å². The van der Waals surface area contributed by atoms with Crippen molar-refractivity contribution in [2.75, 3.05) is 56.6 Å². The molecule has 1 atom stereocenters. The van der Waals surface area contributed by atoms with E-state index >= 15 is 0 Å². The smallest absolute Gasteiger partial charge is 0.238 e. The van der Waals surface area contributed by atoms with Gasteiger partial charge in [0.25, 0.3) is 0 Å². The first-order valence-corrected chi connectivity index (χ1v) is 11.8. The van der Waals surface area contributed by atoms with Gasteiger partial charge >= 0.3 is 0 Å². The molecule has 4 rings (SSSR count). The summed E-state index contributed by atoms with van der Waals surface area (Å²) in [4.78, 5) is 43.9. The van der Waals surface area contributed by atoms with Gasteiger partial charge in [0.2, 0.25) is 17.7 Å². The molecule has 0 aliphatic carbocycles. The van der Waals surface area contributed by atoms with Crippen molar-refractivity contribution < 1.29 is 19.1 Å². The topological polar surface area (TPSA) is 82.2 Å². The molecule has 2 heterocycles. The van der Waals surface area contributed by atoms with Crippen LogP contribution < -0.4 is 15.0 Å². The Bertz CT molecular complexity index is 1050. The Morgan fingerprint density at radius 1 is 1.03 bits per heavy atom. The third-order valence-corrected chi connectivity index (χ3v) is 6.57. The van der Waals surface area contributed by atoms with E-state index in [0.29, 0.717) is 50.7 Å². The van der Waals surface area contributed by atoms with E-state index in [1.165, 1.54) is 0 Å². The van der Waals surface area contributed by atoms with Crippen LogP contribution in [0.3, 0.4) is 0 Å². The van der Waals surface area contributed by atoms with Crippen LogP contribution in [0.4, 0.5) is 11.4 Å². The van der Waals surface area contributed by atoms with Gasteiger partial charge in [-0.2, -0.15) is 0 Å². The average Bonchev–Trinajstić information content (AvgIpc) is 3.25. The predicted molar refractivity (Wildman–Crippen MR) is 131 cm³/mol. The standard InChI is InChI=1S/C26H32N4O4/c1-3-19-8-4-5-9-21(19)27-24(31)18-28-12-14-29(15-13-28)26(33)20-16-25(32)30(17-20)22-10-6-7-11-23(22)34-2/h4-11,20H,3,12-18H2,1-2H3,(H,27,31). The molecule has 2 fully saturated rings. The lowest BCUT2D eigenvalue weighted by Gasteiger charge is -2.35. The van der Waals surface area contributed by atoms with Gasteiger partial charge in [-0.1, -0.05) is 37.3 Å². The van der Waals surface area contributed by atoms with Gasteiger partial charge in [0.05, 0.1) is 25.3 Å². The molecule has 2 saturated heterocycles. The summed E-state index contributed by atoms with van der Waals surface area (Å²) in [5.41, 5.74) is 2.67. The van der Waals surface area contributed by atoms with Crippen molar-refractivity contribution in [3.8, 4) is 5.75 Å². The fraction of sp³-hybridized carbons (Fsp3) is 0.423. The van der Waals surface area contributed by atoms with Gasteiger partial charge in [-0.3, -0.25) is 19.3 Å². The zero-order valence-corrected chi connectivity index (χ0v) is 19.8. The van der Waals surface area contributed by atoms with Crippen LogP contribution in [0.1, 0.15) is 18.9 Å². The SMILES string of the molecule is CCc1ccccc1NC(=O)CN1CCN(C(=O)C2CC(=O)N(c3ccccc3OC)C2)CC1. The molecule has 180 valence electrons. The molecular formula is C26H32N4O4. The monoisotopic (exact) mass is 464 g/mol. The van der Waals surface area contributed by atoms with Gasteiger partial charge in [-0.05, 0) is 30.2 Å².